The summed E-state index contributed by atoms with van der Waals surface area (Å²) in [6, 6.07) is 0. The Morgan fingerprint density at radius 1 is 0.762 bits per heavy atom. The van der Waals surface area contributed by atoms with Crippen molar-refractivity contribution in [2.45, 2.75) is 66.6 Å². The van der Waals surface area contributed by atoms with Gasteiger partial charge in [-0.25, -0.2) is 0 Å². The van der Waals surface area contributed by atoms with Gasteiger partial charge in [0.1, 0.15) is 12.7 Å². The van der Waals surface area contributed by atoms with Gasteiger partial charge in [-0.15, -0.1) is 0 Å². The molecule has 0 aromatic rings. The Balaban J connectivity index is 3.79. The number of rotatable bonds is 10. The number of carbonyl (C=O) groups is 2. The van der Waals surface area contributed by atoms with E-state index >= 15 is 0 Å². The van der Waals surface area contributed by atoms with Gasteiger partial charge in [0.05, 0.1) is 12.7 Å². The van der Waals surface area contributed by atoms with Crippen molar-refractivity contribution in [1.29, 1.82) is 0 Å². The normalized spacial score (nSPS) is 14.1. The van der Waals surface area contributed by atoms with Crippen molar-refractivity contribution < 1.29 is 23.8 Å². The SMILES string of the molecule is CC(C)CC(=O)OCC(C)OCC(C)OC(=O)CC(C)C. The molecule has 0 spiro atoms. The lowest BCUT2D eigenvalue weighted by Gasteiger charge is -2.18. The lowest BCUT2D eigenvalue weighted by molar-refractivity contribution is -0.155. The molecule has 0 N–H and O–H groups in total. The average molecular weight is 302 g/mol. The molecule has 0 aromatic heterocycles. The lowest BCUT2D eigenvalue weighted by atomic mass is 10.1. The molecular formula is C16H30O5. The van der Waals surface area contributed by atoms with E-state index in [1.54, 1.807) is 6.92 Å². The summed E-state index contributed by atoms with van der Waals surface area (Å²) in [5.74, 6) is 0.146. The van der Waals surface area contributed by atoms with Crippen LogP contribution in [0.5, 0.6) is 0 Å². The second-order valence-corrected chi connectivity index (χ2v) is 6.32. The fourth-order valence-corrected chi connectivity index (χ4v) is 1.59. The van der Waals surface area contributed by atoms with Crippen LogP contribution in [0.2, 0.25) is 0 Å². The van der Waals surface area contributed by atoms with Gasteiger partial charge in [-0.2, -0.15) is 0 Å². The van der Waals surface area contributed by atoms with Crippen LogP contribution in [0, 0.1) is 11.8 Å². The molecule has 0 aliphatic carbocycles. The molecule has 0 rings (SSSR count). The minimum atomic E-state index is -0.301. The Kier molecular flexibility index (Phi) is 10.0. The molecule has 5 nitrogen and oxygen atoms in total. The molecule has 0 aromatic carbocycles. The highest BCUT2D eigenvalue weighted by Gasteiger charge is 2.14. The highest BCUT2D eigenvalue weighted by molar-refractivity contribution is 5.70. The smallest absolute Gasteiger partial charge is 0.306 e. The maximum Gasteiger partial charge on any atom is 0.306 e. The first-order valence-corrected chi connectivity index (χ1v) is 7.67. The highest BCUT2D eigenvalue weighted by atomic mass is 16.6. The predicted octanol–water partition coefficient (Wildman–Crippen LogP) is 2.96. The van der Waals surface area contributed by atoms with E-state index in [1.165, 1.54) is 0 Å². The number of ether oxygens (including phenoxy) is 3. The molecule has 0 amide bonds. The topological polar surface area (TPSA) is 61.8 Å². The van der Waals surface area contributed by atoms with Crippen molar-refractivity contribution in [1.82, 2.24) is 0 Å². The first kappa shape index (κ1) is 19.9. The summed E-state index contributed by atoms with van der Waals surface area (Å²) >= 11 is 0. The molecule has 21 heavy (non-hydrogen) atoms. The summed E-state index contributed by atoms with van der Waals surface area (Å²) in [5, 5.41) is 0. The number of hydrogen-bond acceptors (Lipinski definition) is 5. The van der Waals surface area contributed by atoms with Gasteiger partial charge in [0.15, 0.2) is 0 Å². The van der Waals surface area contributed by atoms with Crippen LogP contribution in [-0.2, 0) is 23.8 Å². The molecule has 5 heteroatoms. The van der Waals surface area contributed by atoms with Crippen LogP contribution in [0.3, 0.4) is 0 Å². The van der Waals surface area contributed by atoms with E-state index in [9.17, 15) is 9.59 Å². The third-order valence-electron chi connectivity index (χ3n) is 2.58. The van der Waals surface area contributed by atoms with Gasteiger partial charge in [0.25, 0.3) is 0 Å². The van der Waals surface area contributed by atoms with Crippen LogP contribution >= 0.6 is 0 Å². The highest BCUT2D eigenvalue weighted by Crippen LogP contribution is 2.06. The van der Waals surface area contributed by atoms with E-state index in [0.717, 1.165) is 0 Å². The maximum absolute atomic E-state index is 11.5. The second-order valence-electron chi connectivity index (χ2n) is 6.32. The summed E-state index contributed by atoms with van der Waals surface area (Å²) in [6.45, 7) is 12.0. The van der Waals surface area contributed by atoms with E-state index in [-0.39, 0.29) is 42.6 Å². The van der Waals surface area contributed by atoms with Crippen LogP contribution in [-0.4, -0.2) is 37.4 Å². The Labute approximate surface area is 128 Å². The van der Waals surface area contributed by atoms with Crippen molar-refractivity contribution in [3.8, 4) is 0 Å². The maximum atomic E-state index is 11.5. The molecule has 0 saturated carbocycles. The summed E-state index contributed by atoms with van der Waals surface area (Å²) in [7, 11) is 0. The third-order valence-corrected chi connectivity index (χ3v) is 2.58. The average Bonchev–Trinajstić information content (AvgIpc) is 2.31. The lowest BCUT2D eigenvalue weighted by Crippen LogP contribution is -2.26. The molecule has 0 radical (unpaired) electrons. The molecule has 0 saturated heterocycles. The van der Waals surface area contributed by atoms with E-state index in [4.69, 9.17) is 14.2 Å². The monoisotopic (exact) mass is 302 g/mol. The summed E-state index contributed by atoms with van der Waals surface area (Å²) in [4.78, 5) is 22.9. The fraction of sp³-hybridized carbons (Fsp3) is 0.875. The van der Waals surface area contributed by atoms with Crippen LogP contribution in [0.4, 0.5) is 0 Å². The zero-order chi connectivity index (χ0) is 16.4. The quantitative estimate of drug-likeness (QED) is 0.581. The predicted molar refractivity (Wildman–Crippen MR) is 80.8 cm³/mol. The van der Waals surface area contributed by atoms with Crippen molar-refractivity contribution in [3.63, 3.8) is 0 Å². The van der Waals surface area contributed by atoms with Crippen LogP contribution < -0.4 is 0 Å². The van der Waals surface area contributed by atoms with Crippen LogP contribution in [0.15, 0.2) is 0 Å². The molecule has 0 aliphatic heterocycles. The third kappa shape index (κ3) is 12.4. The van der Waals surface area contributed by atoms with Gasteiger partial charge in [-0.05, 0) is 25.7 Å². The van der Waals surface area contributed by atoms with Gasteiger partial charge in [0.2, 0.25) is 0 Å². The molecule has 2 atom stereocenters. The number of hydrogen-bond donors (Lipinski definition) is 0. The number of esters is 2. The Morgan fingerprint density at radius 3 is 1.81 bits per heavy atom. The van der Waals surface area contributed by atoms with Gasteiger partial charge in [0, 0.05) is 12.8 Å². The second kappa shape index (κ2) is 10.6. The first-order valence-electron chi connectivity index (χ1n) is 7.67. The summed E-state index contributed by atoms with van der Waals surface area (Å²) < 4.78 is 15.8. The largest absolute Gasteiger partial charge is 0.463 e. The van der Waals surface area contributed by atoms with E-state index in [2.05, 4.69) is 0 Å². The minimum Gasteiger partial charge on any atom is -0.463 e. The molecule has 0 bridgehead atoms. The molecule has 0 heterocycles. The Bertz CT molecular complexity index is 312. The van der Waals surface area contributed by atoms with Crippen LogP contribution in [0.25, 0.3) is 0 Å². The van der Waals surface area contributed by atoms with Crippen molar-refractivity contribution in [3.05, 3.63) is 0 Å². The molecule has 0 aliphatic rings. The van der Waals surface area contributed by atoms with Crippen molar-refractivity contribution in [2.75, 3.05) is 13.2 Å². The van der Waals surface area contributed by atoms with Crippen molar-refractivity contribution >= 4 is 11.9 Å². The molecule has 0 fully saturated rings. The molecule has 124 valence electrons. The minimum absolute atomic E-state index is 0.211. The zero-order valence-electron chi connectivity index (χ0n) is 14.2. The first-order chi connectivity index (χ1) is 9.70. The number of carbonyl (C=O) groups excluding carboxylic acids is 2. The Hall–Kier alpha value is -1.10. The molecular weight excluding hydrogens is 272 g/mol. The van der Waals surface area contributed by atoms with Gasteiger partial charge >= 0.3 is 11.9 Å². The van der Waals surface area contributed by atoms with Gasteiger partial charge in [-0.3, -0.25) is 9.59 Å². The van der Waals surface area contributed by atoms with E-state index in [1.807, 2.05) is 34.6 Å². The van der Waals surface area contributed by atoms with Crippen molar-refractivity contribution in [2.24, 2.45) is 11.8 Å². The van der Waals surface area contributed by atoms with Gasteiger partial charge in [-0.1, -0.05) is 27.7 Å². The summed E-state index contributed by atoms with van der Waals surface area (Å²) in [6.07, 6.45) is 0.306. The van der Waals surface area contributed by atoms with E-state index in [0.29, 0.717) is 19.4 Å². The van der Waals surface area contributed by atoms with E-state index < -0.39 is 0 Å². The van der Waals surface area contributed by atoms with Crippen LogP contribution in [0.1, 0.15) is 54.4 Å². The zero-order valence-corrected chi connectivity index (χ0v) is 14.2. The molecule has 2 unspecified atom stereocenters. The Morgan fingerprint density at radius 2 is 1.29 bits per heavy atom. The summed E-state index contributed by atoms with van der Waals surface area (Å²) in [5.41, 5.74) is 0. The standard InChI is InChI=1S/C16H30O5/c1-11(2)7-15(17)20-9-13(5)19-10-14(6)21-16(18)8-12(3)4/h11-14H,7-10H2,1-6H3. The van der Waals surface area contributed by atoms with Gasteiger partial charge < -0.3 is 14.2 Å². The fourth-order valence-electron chi connectivity index (χ4n) is 1.59.